The van der Waals surface area contributed by atoms with Gasteiger partial charge in [0.1, 0.15) is 0 Å². The number of aliphatic carboxylic acids is 1. The van der Waals surface area contributed by atoms with Crippen LogP contribution in [-0.2, 0) is 11.2 Å². The standard InChI is InChI=1S/C19H19NO2/c1-11-8-13(3)18-15(10-17(21)22)19(20-16(18)9-11)14-7-5-4-6-12(14)2/h4-9,20H,10H2,1-3H3,(H,21,22). The largest absolute Gasteiger partial charge is 0.481 e. The molecule has 3 rings (SSSR count). The van der Waals surface area contributed by atoms with Gasteiger partial charge in [-0.15, -0.1) is 0 Å². The quantitative estimate of drug-likeness (QED) is 0.752. The molecule has 0 unspecified atom stereocenters. The molecule has 0 amide bonds. The van der Waals surface area contributed by atoms with Gasteiger partial charge < -0.3 is 10.1 Å². The molecule has 1 heterocycles. The van der Waals surface area contributed by atoms with Crippen molar-refractivity contribution in [3.63, 3.8) is 0 Å². The summed E-state index contributed by atoms with van der Waals surface area (Å²) in [6, 6.07) is 12.2. The van der Waals surface area contributed by atoms with E-state index in [1.165, 1.54) is 5.56 Å². The molecule has 3 nitrogen and oxygen atoms in total. The van der Waals surface area contributed by atoms with Crippen LogP contribution in [0.3, 0.4) is 0 Å². The van der Waals surface area contributed by atoms with Crippen LogP contribution in [0.25, 0.3) is 22.2 Å². The average Bonchev–Trinajstić information content (AvgIpc) is 2.77. The van der Waals surface area contributed by atoms with Gasteiger partial charge in [0.2, 0.25) is 0 Å². The normalized spacial score (nSPS) is 11.0. The molecule has 0 fully saturated rings. The van der Waals surface area contributed by atoms with Gasteiger partial charge in [-0.1, -0.05) is 30.3 Å². The number of carboxylic acid groups (broad SMARTS) is 1. The summed E-state index contributed by atoms with van der Waals surface area (Å²) in [5.41, 5.74) is 7.28. The van der Waals surface area contributed by atoms with Crippen molar-refractivity contribution in [3.8, 4) is 11.3 Å². The first kappa shape index (κ1) is 14.4. The molecule has 0 aliphatic rings. The molecule has 2 N–H and O–H groups in total. The molecule has 0 aliphatic carbocycles. The second-order valence-electron chi connectivity index (χ2n) is 5.87. The van der Waals surface area contributed by atoms with Crippen molar-refractivity contribution in [2.24, 2.45) is 0 Å². The molecule has 0 bridgehead atoms. The van der Waals surface area contributed by atoms with Crippen LogP contribution in [0.1, 0.15) is 22.3 Å². The number of hydrogen-bond donors (Lipinski definition) is 2. The lowest BCUT2D eigenvalue weighted by atomic mass is 9.97. The zero-order valence-corrected chi connectivity index (χ0v) is 13.0. The Morgan fingerprint density at radius 3 is 2.50 bits per heavy atom. The first-order valence-corrected chi connectivity index (χ1v) is 7.37. The molecule has 0 saturated carbocycles. The minimum absolute atomic E-state index is 0.0214. The molecule has 3 aromatic rings. The van der Waals surface area contributed by atoms with E-state index in [0.29, 0.717) is 0 Å². The van der Waals surface area contributed by atoms with Gasteiger partial charge in [0, 0.05) is 16.5 Å². The van der Waals surface area contributed by atoms with Crippen molar-refractivity contribution in [1.29, 1.82) is 0 Å². The summed E-state index contributed by atoms with van der Waals surface area (Å²) < 4.78 is 0. The van der Waals surface area contributed by atoms with Gasteiger partial charge in [-0.05, 0) is 49.1 Å². The molecule has 0 radical (unpaired) electrons. The fourth-order valence-electron chi connectivity index (χ4n) is 3.21. The maximum absolute atomic E-state index is 11.3. The van der Waals surface area contributed by atoms with Gasteiger partial charge in [-0.2, -0.15) is 0 Å². The number of nitrogens with one attached hydrogen (secondary N) is 1. The highest BCUT2D eigenvalue weighted by atomic mass is 16.4. The molecule has 0 spiro atoms. The third kappa shape index (κ3) is 2.39. The fraction of sp³-hybridized carbons (Fsp3) is 0.211. The number of fused-ring (bicyclic) bond motifs is 1. The van der Waals surface area contributed by atoms with Crippen molar-refractivity contribution in [2.75, 3.05) is 0 Å². The molecular weight excluding hydrogens is 274 g/mol. The highest BCUT2D eigenvalue weighted by molar-refractivity contribution is 5.96. The Morgan fingerprint density at radius 1 is 1.09 bits per heavy atom. The number of aromatic amines is 1. The van der Waals surface area contributed by atoms with Crippen molar-refractivity contribution in [2.45, 2.75) is 27.2 Å². The number of benzene rings is 2. The van der Waals surface area contributed by atoms with Crippen LogP contribution in [0.4, 0.5) is 0 Å². The van der Waals surface area contributed by atoms with Gasteiger partial charge in [0.25, 0.3) is 0 Å². The second kappa shape index (κ2) is 5.34. The summed E-state index contributed by atoms with van der Waals surface area (Å²) in [5, 5.41) is 10.4. The molecule has 0 saturated heterocycles. The van der Waals surface area contributed by atoms with Crippen LogP contribution < -0.4 is 0 Å². The van der Waals surface area contributed by atoms with Gasteiger partial charge in [0.15, 0.2) is 0 Å². The highest BCUT2D eigenvalue weighted by Crippen LogP contribution is 2.34. The van der Waals surface area contributed by atoms with E-state index in [2.05, 4.69) is 24.0 Å². The van der Waals surface area contributed by atoms with Crippen molar-refractivity contribution in [1.82, 2.24) is 4.98 Å². The van der Waals surface area contributed by atoms with Crippen LogP contribution in [-0.4, -0.2) is 16.1 Å². The van der Waals surface area contributed by atoms with E-state index >= 15 is 0 Å². The number of aromatic nitrogens is 1. The highest BCUT2D eigenvalue weighted by Gasteiger charge is 2.18. The van der Waals surface area contributed by atoms with Gasteiger partial charge >= 0.3 is 5.97 Å². The molecule has 22 heavy (non-hydrogen) atoms. The Kier molecular flexibility index (Phi) is 3.49. The maximum atomic E-state index is 11.3. The third-order valence-corrected chi connectivity index (χ3v) is 4.09. The van der Waals surface area contributed by atoms with E-state index in [1.807, 2.05) is 38.1 Å². The van der Waals surface area contributed by atoms with Crippen molar-refractivity contribution in [3.05, 3.63) is 58.7 Å². The zero-order chi connectivity index (χ0) is 15.9. The van der Waals surface area contributed by atoms with Gasteiger partial charge in [-0.25, -0.2) is 0 Å². The average molecular weight is 293 g/mol. The topological polar surface area (TPSA) is 53.1 Å². The van der Waals surface area contributed by atoms with Crippen LogP contribution in [0.2, 0.25) is 0 Å². The molecule has 0 atom stereocenters. The zero-order valence-electron chi connectivity index (χ0n) is 13.0. The predicted octanol–water partition coefficient (Wildman–Crippen LogP) is 4.39. The minimum Gasteiger partial charge on any atom is -0.481 e. The van der Waals surface area contributed by atoms with Gasteiger partial charge in [-0.3, -0.25) is 4.79 Å². The molecule has 0 aliphatic heterocycles. The van der Waals surface area contributed by atoms with Crippen LogP contribution in [0.5, 0.6) is 0 Å². The summed E-state index contributed by atoms with van der Waals surface area (Å²) in [7, 11) is 0. The van der Waals surface area contributed by atoms with E-state index in [0.717, 1.165) is 38.9 Å². The Bertz CT molecular complexity index is 875. The summed E-state index contributed by atoms with van der Waals surface area (Å²) >= 11 is 0. The van der Waals surface area contributed by atoms with Crippen molar-refractivity contribution >= 4 is 16.9 Å². The molecule has 112 valence electrons. The van der Waals surface area contributed by atoms with E-state index in [1.54, 1.807) is 0 Å². The number of carboxylic acids is 1. The number of rotatable bonds is 3. The lowest BCUT2D eigenvalue weighted by Crippen LogP contribution is -2.01. The van der Waals surface area contributed by atoms with Crippen LogP contribution >= 0.6 is 0 Å². The number of hydrogen-bond acceptors (Lipinski definition) is 1. The first-order valence-electron chi connectivity index (χ1n) is 7.37. The third-order valence-electron chi connectivity index (χ3n) is 4.09. The smallest absolute Gasteiger partial charge is 0.307 e. The lowest BCUT2D eigenvalue weighted by Gasteiger charge is -2.07. The SMILES string of the molecule is Cc1cc(C)c2c(CC(=O)O)c(-c3ccccc3C)[nH]c2c1. The summed E-state index contributed by atoms with van der Waals surface area (Å²) in [5.74, 6) is -0.810. The Labute approximate surface area is 129 Å². The monoisotopic (exact) mass is 293 g/mol. The Balaban J connectivity index is 2.36. The Morgan fingerprint density at radius 2 is 1.82 bits per heavy atom. The molecule has 3 heteroatoms. The molecule has 1 aromatic heterocycles. The van der Waals surface area contributed by atoms with Gasteiger partial charge in [0.05, 0.1) is 12.1 Å². The predicted molar refractivity (Wildman–Crippen MR) is 89.3 cm³/mol. The lowest BCUT2D eigenvalue weighted by molar-refractivity contribution is -0.136. The first-order chi connectivity index (χ1) is 10.5. The second-order valence-corrected chi connectivity index (χ2v) is 5.87. The summed E-state index contributed by atoms with van der Waals surface area (Å²) in [4.78, 5) is 14.8. The summed E-state index contributed by atoms with van der Waals surface area (Å²) in [6.45, 7) is 6.14. The number of H-pyrrole nitrogens is 1. The van der Waals surface area contributed by atoms with E-state index in [9.17, 15) is 9.90 Å². The molecule has 2 aromatic carbocycles. The Hall–Kier alpha value is -2.55. The minimum atomic E-state index is -0.810. The van der Waals surface area contributed by atoms with Crippen molar-refractivity contribution < 1.29 is 9.90 Å². The summed E-state index contributed by atoms with van der Waals surface area (Å²) in [6.07, 6.45) is 0.0214. The van der Waals surface area contributed by atoms with E-state index in [-0.39, 0.29) is 6.42 Å². The maximum Gasteiger partial charge on any atom is 0.307 e. The van der Waals surface area contributed by atoms with E-state index < -0.39 is 5.97 Å². The number of carbonyl (C=O) groups is 1. The van der Waals surface area contributed by atoms with Crippen LogP contribution in [0.15, 0.2) is 36.4 Å². The van der Waals surface area contributed by atoms with E-state index in [4.69, 9.17) is 0 Å². The fourth-order valence-corrected chi connectivity index (χ4v) is 3.21. The number of aryl methyl sites for hydroxylation is 3. The molecular formula is C19H19NO2. The van der Waals surface area contributed by atoms with Crippen LogP contribution in [0, 0.1) is 20.8 Å².